The van der Waals surface area contributed by atoms with Crippen LogP contribution in [0, 0.1) is 5.82 Å². The van der Waals surface area contributed by atoms with E-state index in [2.05, 4.69) is 15.9 Å². The molecule has 0 atom stereocenters. The first-order valence-corrected chi connectivity index (χ1v) is 4.83. The van der Waals surface area contributed by atoms with Gasteiger partial charge in [-0.05, 0) is 22.4 Å². The lowest BCUT2D eigenvalue weighted by atomic mass is 10.1. The van der Waals surface area contributed by atoms with Crippen molar-refractivity contribution in [3.05, 3.63) is 21.9 Å². The molecular weight excluding hydrogens is 271 g/mol. The summed E-state index contributed by atoms with van der Waals surface area (Å²) in [5.74, 6) is -2.89. The highest BCUT2D eigenvalue weighted by atomic mass is 79.9. The number of hydrogen-bond donors (Lipinski definition) is 3. The van der Waals surface area contributed by atoms with Gasteiger partial charge in [-0.15, -0.1) is 0 Å². The largest absolute Gasteiger partial charge is 0.504 e. The Bertz CT molecular complexity index is 406. The molecule has 1 aromatic rings. The lowest BCUT2D eigenvalue weighted by Gasteiger charge is -2.08. The van der Waals surface area contributed by atoms with Gasteiger partial charge in [-0.2, -0.15) is 0 Å². The zero-order chi connectivity index (χ0) is 11.6. The molecule has 0 saturated heterocycles. The van der Waals surface area contributed by atoms with Crippen LogP contribution in [0.15, 0.2) is 10.5 Å². The van der Waals surface area contributed by atoms with Gasteiger partial charge in [-0.3, -0.25) is 4.79 Å². The van der Waals surface area contributed by atoms with Crippen LogP contribution in [0.2, 0.25) is 0 Å². The van der Waals surface area contributed by atoms with Crippen molar-refractivity contribution in [3.8, 4) is 11.5 Å². The smallest absolute Gasteiger partial charge is 0.303 e. The van der Waals surface area contributed by atoms with Crippen LogP contribution in [0.1, 0.15) is 12.0 Å². The maximum absolute atomic E-state index is 13.2. The quantitative estimate of drug-likeness (QED) is 0.740. The van der Waals surface area contributed by atoms with E-state index in [0.29, 0.717) is 0 Å². The first-order chi connectivity index (χ1) is 6.93. The maximum Gasteiger partial charge on any atom is 0.303 e. The number of phenols is 2. The molecule has 0 aromatic heterocycles. The summed E-state index contributed by atoms with van der Waals surface area (Å²) >= 11 is 2.89. The van der Waals surface area contributed by atoms with Gasteiger partial charge in [-0.25, -0.2) is 4.39 Å². The van der Waals surface area contributed by atoms with Gasteiger partial charge >= 0.3 is 5.97 Å². The molecule has 82 valence electrons. The van der Waals surface area contributed by atoms with Gasteiger partial charge in [0.25, 0.3) is 0 Å². The number of carboxylic acids is 1. The molecule has 0 spiro atoms. The standard InChI is InChI=1S/C9H8BrFO4/c10-8-4(1-2-7(13)14)5(11)3-6(12)9(8)15/h3,12,15H,1-2H2,(H,13,14). The first-order valence-electron chi connectivity index (χ1n) is 4.04. The third-order valence-electron chi connectivity index (χ3n) is 1.86. The normalized spacial score (nSPS) is 10.3. The number of carbonyl (C=O) groups is 1. The van der Waals surface area contributed by atoms with Crippen LogP contribution in [0.25, 0.3) is 0 Å². The third-order valence-corrected chi connectivity index (χ3v) is 2.71. The zero-order valence-corrected chi connectivity index (χ0v) is 9.08. The summed E-state index contributed by atoms with van der Waals surface area (Å²) in [5.41, 5.74) is 0.0349. The molecule has 0 bridgehead atoms. The highest BCUT2D eigenvalue weighted by molar-refractivity contribution is 9.10. The molecule has 3 N–H and O–H groups in total. The zero-order valence-electron chi connectivity index (χ0n) is 7.50. The molecule has 0 saturated carbocycles. The Morgan fingerprint density at radius 2 is 2.07 bits per heavy atom. The van der Waals surface area contributed by atoms with Gasteiger partial charge in [0, 0.05) is 18.1 Å². The topological polar surface area (TPSA) is 77.8 Å². The van der Waals surface area contributed by atoms with E-state index in [4.69, 9.17) is 10.2 Å². The van der Waals surface area contributed by atoms with Crippen molar-refractivity contribution in [2.24, 2.45) is 0 Å². The average molecular weight is 279 g/mol. The van der Waals surface area contributed by atoms with Crippen molar-refractivity contribution in [1.29, 1.82) is 0 Å². The molecule has 4 nitrogen and oxygen atoms in total. The molecule has 0 heterocycles. The number of carboxylic acid groups (broad SMARTS) is 1. The van der Waals surface area contributed by atoms with Crippen LogP contribution < -0.4 is 0 Å². The lowest BCUT2D eigenvalue weighted by Crippen LogP contribution is -2.00. The predicted octanol–water partition coefficient (Wildman–Crippen LogP) is 2.02. The minimum Gasteiger partial charge on any atom is -0.504 e. The van der Waals surface area contributed by atoms with E-state index in [-0.39, 0.29) is 22.9 Å². The Morgan fingerprint density at radius 1 is 1.47 bits per heavy atom. The van der Waals surface area contributed by atoms with Crippen molar-refractivity contribution < 1.29 is 24.5 Å². The fourth-order valence-electron chi connectivity index (χ4n) is 1.10. The van der Waals surface area contributed by atoms with Gasteiger partial charge in [0.15, 0.2) is 11.5 Å². The van der Waals surface area contributed by atoms with Gasteiger partial charge in [0.2, 0.25) is 0 Å². The molecule has 0 fully saturated rings. The van der Waals surface area contributed by atoms with E-state index in [9.17, 15) is 14.3 Å². The van der Waals surface area contributed by atoms with E-state index in [0.717, 1.165) is 6.07 Å². The highest BCUT2D eigenvalue weighted by Gasteiger charge is 2.16. The summed E-state index contributed by atoms with van der Waals surface area (Å²) in [7, 11) is 0. The molecule has 15 heavy (non-hydrogen) atoms. The van der Waals surface area contributed by atoms with E-state index < -0.39 is 23.3 Å². The lowest BCUT2D eigenvalue weighted by molar-refractivity contribution is -0.136. The Kier molecular flexibility index (Phi) is 3.52. The number of hydrogen-bond acceptors (Lipinski definition) is 3. The molecule has 0 aliphatic carbocycles. The minimum atomic E-state index is -1.06. The Morgan fingerprint density at radius 3 is 2.60 bits per heavy atom. The maximum atomic E-state index is 13.2. The fraction of sp³-hybridized carbons (Fsp3) is 0.222. The van der Waals surface area contributed by atoms with Crippen LogP contribution in [-0.4, -0.2) is 21.3 Å². The Labute approximate surface area is 93.1 Å². The van der Waals surface area contributed by atoms with E-state index in [1.54, 1.807) is 0 Å². The van der Waals surface area contributed by atoms with Crippen molar-refractivity contribution >= 4 is 21.9 Å². The molecule has 1 aromatic carbocycles. The molecule has 0 amide bonds. The van der Waals surface area contributed by atoms with Crippen LogP contribution in [0.3, 0.4) is 0 Å². The van der Waals surface area contributed by atoms with Gasteiger partial charge in [0.05, 0.1) is 4.47 Å². The molecule has 0 aliphatic heterocycles. The molecule has 1 rings (SSSR count). The number of halogens is 2. The SMILES string of the molecule is O=C(O)CCc1c(F)cc(O)c(O)c1Br. The summed E-state index contributed by atoms with van der Waals surface area (Å²) in [5, 5.41) is 26.7. The second kappa shape index (κ2) is 4.48. The first kappa shape index (κ1) is 11.8. The fourth-order valence-corrected chi connectivity index (χ4v) is 1.69. The molecule has 0 aliphatic rings. The summed E-state index contributed by atoms with van der Waals surface area (Å²) in [4.78, 5) is 10.3. The molecule has 0 unspecified atom stereocenters. The van der Waals surface area contributed by atoms with Gasteiger partial charge < -0.3 is 15.3 Å². The van der Waals surface area contributed by atoms with Gasteiger partial charge in [0.1, 0.15) is 5.82 Å². The van der Waals surface area contributed by atoms with Crippen molar-refractivity contribution in [2.45, 2.75) is 12.8 Å². The number of rotatable bonds is 3. The van der Waals surface area contributed by atoms with Crippen molar-refractivity contribution in [2.75, 3.05) is 0 Å². The minimum absolute atomic E-state index is 0.0127. The monoisotopic (exact) mass is 278 g/mol. The molecule has 0 radical (unpaired) electrons. The van der Waals surface area contributed by atoms with E-state index in [1.807, 2.05) is 0 Å². The number of aliphatic carboxylic acids is 1. The van der Waals surface area contributed by atoms with Crippen LogP contribution in [0.5, 0.6) is 11.5 Å². The van der Waals surface area contributed by atoms with E-state index in [1.165, 1.54) is 0 Å². The van der Waals surface area contributed by atoms with Crippen LogP contribution >= 0.6 is 15.9 Å². The number of phenolic OH excluding ortho intramolecular Hbond substituents is 2. The summed E-state index contributed by atoms with van der Waals surface area (Å²) in [6.07, 6.45) is -0.310. The third kappa shape index (κ3) is 2.59. The Hall–Kier alpha value is -1.30. The molecule has 6 heteroatoms. The second-order valence-electron chi connectivity index (χ2n) is 2.91. The average Bonchev–Trinajstić information content (AvgIpc) is 2.14. The number of aromatic hydroxyl groups is 2. The van der Waals surface area contributed by atoms with E-state index >= 15 is 0 Å². The number of benzene rings is 1. The molecular formula is C9H8BrFO4. The van der Waals surface area contributed by atoms with Crippen molar-refractivity contribution in [3.63, 3.8) is 0 Å². The van der Waals surface area contributed by atoms with Crippen molar-refractivity contribution in [1.82, 2.24) is 0 Å². The summed E-state index contributed by atoms with van der Waals surface area (Å²) in [6, 6.07) is 0.747. The summed E-state index contributed by atoms with van der Waals surface area (Å²) < 4.78 is 13.2. The Balaban J connectivity index is 3.07. The second-order valence-corrected chi connectivity index (χ2v) is 3.71. The predicted molar refractivity (Wildman–Crippen MR) is 53.4 cm³/mol. The van der Waals surface area contributed by atoms with Gasteiger partial charge in [-0.1, -0.05) is 0 Å². The summed E-state index contributed by atoms with van der Waals surface area (Å²) in [6.45, 7) is 0. The van der Waals surface area contributed by atoms with Crippen LogP contribution in [-0.2, 0) is 11.2 Å². The highest BCUT2D eigenvalue weighted by Crippen LogP contribution is 2.37. The van der Waals surface area contributed by atoms with Crippen LogP contribution in [0.4, 0.5) is 4.39 Å².